The molecule has 96 valence electrons. The molecule has 5 nitrogen and oxygen atoms in total. The molecular weight excluding hydrogens is 252 g/mol. The van der Waals surface area contributed by atoms with Crippen LogP contribution in [0.15, 0.2) is 30.7 Å². The molecule has 2 heterocycles. The van der Waals surface area contributed by atoms with Gasteiger partial charge >= 0.3 is 0 Å². The lowest BCUT2D eigenvalue weighted by molar-refractivity contribution is 0.586. The molecule has 19 heavy (non-hydrogen) atoms. The summed E-state index contributed by atoms with van der Waals surface area (Å²) in [5.41, 5.74) is 0.769. The summed E-state index contributed by atoms with van der Waals surface area (Å²) in [6.07, 6.45) is 2.94. The van der Waals surface area contributed by atoms with Gasteiger partial charge in [0.1, 0.15) is 23.8 Å². The van der Waals surface area contributed by atoms with Crippen molar-refractivity contribution in [3.63, 3.8) is 0 Å². The number of fused-ring (bicyclic) bond motifs is 1. The minimum Gasteiger partial charge on any atom is -0.337 e. The van der Waals surface area contributed by atoms with E-state index < -0.39 is 11.6 Å². The second kappa shape index (κ2) is 4.27. The first kappa shape index (κ1) is 11.5. The summed E-state index contributed by atoms with van der Waals surface area (Å²) < 4.78 is 28.0. The predicted octanol–water partition coefficient (Wildman–Crippen LogP) is 2.39. The van der Waals surface area contributed by atoms with Gasteiger partial charge in [-0.3, -0.25) is 4.68 Å². The van der Waals surface area contributed by atoms with Crippen molar-refractivity contribution < 1.29 is 8.78 Å². The lowest BCUT2D eigenvalue weighted by Gasteiger charge is -2.07. The smallest absolute Gasteiger partial charge is 0.163 e. The molecule has 0 unspecified atom stereocenters. The third kappa shape index (κ3) is 1.99. The third-order valence-electron chi connectivity index (χ3n) is 2.71. The highest BCUT2D eigenvalue weighted by Gasteiger charge is 2.10. The van der Waals surface area contributed by atoms with E-state index in [1.807, 2.05) is 0 Å². The quantitative estimate of drug-likeness (QED) is 0.769. The Labute approximate surface area is 106 Å². The Balaban J connectivity index is 2.06. The van der Waals surface area contributed by atoms with Crippen LogP contribution in [0.2, 0.25) is 0 Å². The predicted molar refractivity (Wildman–Crippen MR) is 65.9 cm³/mol. The molecule has 0 atom stereocenters. The van der Waals surface area contributed by atoms with E-state index in [9.17, 15) is 8.78 Å². The van der Waals surface area contributed by atoms with Gasteiger partial charge in [0.25, 0.3) is 0 Å². The zero-order chi connectivity index (χ0) is 13.4. The summed E-state index contributed by atoms with van der Waals surface area (Å²) in [5, 5.41) is 7.53. The maximum absolute atomic E-state index is 13.6. The van der Waals surface area contributed by atoms with E-state index >= 15 is 0 Å². The number of nitrogens with one attached hydrogen (secondary N) is 1. The highest BCUT2D eigenvalue weighted by molar-refractivity contribution is 5.88. The largest absolute Gasteiger partial charge is 0.337 e. The van der Waals surface area contributed by atoms with Crippen molar-refractivity contribution in [3.8, 4) is 0 Å². The first-order valence-corrected chi connectivity index (χ1v) is 5.50. The molecule has 7 heteroatoms. The molecule has 0 aliphatic rings. The van der Waals surface area contributed by atoms with Gasteiger partial charge in [0.05, 0.1) is 17.3 Å². The molecule has 1 N–H and O–H groups in total. The topological polar surface area (TPSA) is 55.6 Å². The summed E-state index contributed by atoms with van der Waals surface area (Å²) >= 11 is 0. The average Bonchev–Trinajstić information content (AvgIpc) is 2.76. The summed E-state index contributed by atoms with van der Waals surface area (Å²) in [6.45, 7) is 0. The molecule has 3 rings (SSSR count). The van der Waals surface area contributed by atoms with Crippen molar-refractivity contribution >= 4 is 22.5 Å². The Morgan fingerprint density at radius 2 is 2.05 bits per heavy atom. The van der Waals surface area contributed by atoms with Crippen LogP contribution >= 0.6 is 0 Å². The number of benzene rings is 1. The van der Waals surface area contributed by atoms with E-state index in [0.29, 0.717) is 16.9 Å². The lowest BCUT2D eigenvalue weighted by atomic mass is 10.3. The summed E-state index contributed by atoms with van der Waals surface area (Å²) in [5.74, 6) is -0.892. The molecule has 2 aromatic heterocycles. The van der Waals surface area contributed by atoms with Gasteiger partial charge in [0.15, 0.2) is 5.65 Å². The molecular formula is C12H9F2N5. The lowest BCUT2D eigenvalue weighted by Crippen LogP contribution is -1.99. The van der Waals surface area contributed by atoms with E-state index in [-0.39, 0.29) is 5.69 Å². The highest BCUT2D eigenvalue weighted by Crippen LogP contribution is 2.24. The van der Waals surface area contributed by atoms with Crippen LogP contribution in [0.3, 0.4) is 0 Å². The van der Waals surface area contributed by atoms with Gasteiger partial charge in [-0.15, -0.1) is 0 Å². The molecule has 0 spiro atoms. The third-order valence-corrected chi connectivity index (χ3v) is 2.71. The second-order valence-electron chi connectivity index (χ2n) is 3.98. The van der Waals surface area contributed by atoms with Crippen molar-refractivity contribution in [1.29, 1.82) is 0 Å². The van der Waals surface area contributed by atoms with Crippen LogP contribution in [0, 0.1) is 11.6 Å². The number of hydrogen-bond donors (Lipinski definition) is 1. The van der Waals surface area contributed by atoms with Crippen LogP contribution in [-0.4, -0.2) is 19.7 Å². The number of aryl methyl sites for hydroxylation is 1. The molecule has 0 saturated heterocycles. The van der Waals surface area contributed by atoms with Gasteiger partial charge in [-0.2, -0.15) is 5.10 Å². The number of anilines is 2. The average molecular weight is 261 g/mol. The molecule has 0 bridgehead atoms. The molecule has 0 aliphatic carbocycles. The number of rotatable bonds is 2. The number of nitrogens with zero attached hydrogens (tertiary/aromatic N) is 4. The normalized spacial score (nSPS) is 10.9. The summed E-state index contributed by atoms with van der Waals surface area (Å²) in [6, 6.07) is 3.30. The van der Waals surface area contributed by atoms with Crippen LogP contribution in [0.5, 0.6) is 0 Å². The highest BCUT2D eigenvalue weighted by atomic mass is 19.1. The minimum absolute atomic E-state index is 0.144. The first-order chi connectivity index (χ1) is 9.15. The first-order valence-electron chi connectivity index (χ1n) is 5.50. The maximum atomic E-state index is 13.6. The maximum Gasteiger partial charge on any atom is 0.163 e. The molecule has 0 saturated carbocycles. The fourth-order valence-corrected chi connectivity index (χ4v) is 1.78. The van der Waals surface area contributed by atoms with Crippen molar-refractivity contribution in [2.45, 2.75) is 0 Å². The van der Waals surface area contributed by atoms with E-state index in [1.165, 1.54) is 18.5 Å². The Kier molecular flexibility index (Phi) is 2.59. The van der Waals surface area contributed by atoms with E-state index in [4.69, 9.17) is 0 Å². The van der Waals surface area contributed by atoms with E-state index in [1.54, 1.807) is 17.9 Å². The molecule has 0 fully saturated rings. The molecule has 0 aliphatic heterocycles. The Bertz CT molecular complexity index is 753. The van der Waals surface area contributed by atoms with Crippen molar-refractivity contribution in [3.05, 3.63) is 42.4 Å². The zero-order valence-electron chi connectivity index (χ0n) is 9.93. The second-order valence-corrected chi connectivity index (χ2v) is 3.98. The van der Waals surface area contributed by atoms with Crippen molar-refractivity contribution in [1.82, 2.24) is 19.7 Å². The number of hydrogen-bond acceptors (Lipinski definition) is 4. The Morgan fingerprint density at radius 1 is 1.21 bits per heavy atom. The molecule has 0 amide bonds. The van der Waals surface area contributed by atoms with Crippen molar-refractivity contribution in [2.75, 3.05) is 5.32 Å². The minimum atomic E-state index is -0.685. The summed E-state index contributed by atoms with van der Waals surface area (Å²) in [7, 11) is 1.75. The van der Waals surface area contributed by atoms with E-state index in [2.05, 4.69) is 20.4 Å². The fraction of sp³-hybridized carbons (Fsp3) is 0.0833. The number of halogens is 2. The molecule has 3 aromatic rings. The van der Waals surface area contributed by atoms with Gasteiger partial charge in [-0.25, -0.2) is 18.7 Å². The van der Waals surface area contributed by atoms with Crippen LogP contribution in [-0.2, 0) is 7.05 Å². The van der Waals surface area contributed by atoms with Crippen molar-refractivity contribution in [2.24, 2.45) is 7.05 Å². The SMILES string of the molecule is Cn1ncc2c(Nc3ccc(F)cc3F)ncnc21. The Morgan fingerprint density at radius 3 is 2.84 bits per heavy atom. The molecule has 1 aromatic carbocycles. The van der Waals surface area contributed by atoms with Gasteiger partial charge < -0.3 is 5.32 Å². The molecule has 0 radical (unpaired) electrons. The summed E-state index contributed by atoms with van der Waals surface area (Å²) in [4.78, 5) is 8.12. The van der Waals surface area contributed by atoms with Gasteiger partial charge in [0.2, 0.25) is 0 Å². The Hall–Kier alpha value is -2.57. The standard InChI is InChI=1S/C12H9F2N5/c1-19-12-8(5-17-19)11(15-6-16-12)18-10-3-2-7(13)4-9(10)14/h2-6H,1H3,(H,15,16,18). The van der Waals surface area contributed by atoms with Crippen LogP contribution < -0.4 is 5.32 Å². The van der Waals surface area contributed by atoms with Gasteiger partial charge in [0, 0.05) is 13.1 Å². The zero-order valence-corrected chi connectivity index (χ0v) is 9.93. The fourth-order valence-electron chi connectivity index (χ4n) is 1.78. The number of aromatic nitrogens is 4. The van der Waals surface area contributed by atoms with Crippen LogP contribution in [0.1, 0.15) is 0 Å². The van der Waals surface area contributed by atoms with E-state index in [0.717, 1.165) is 6.07 Å². The van der Waals surface area contributed by atoms with Gasteiger partial charge in [-0.05, 0) is 12.1 Å². The van der Waals surface area contributed by atoms with Crippen LogP contribution in [0.25, 0.3) is 11.0 Å². The van der Waals surface area contributed by atoms with Gasteiger partial charge in [-0.1, -0.05) is 0 Å². The monoisotopic (exact) mass is 261 g/mol. The van der Waals surface area contributed by atoms with Crippen LogP contribution in [0.4, 0.5) is 20.3 Å².